The summed E-state index contributed by atoms with van der Waals surface area (Å²) in [6, 6.07) is 1.60. The average Bonchev–Trinajstić information content (AvgIpc) is 3.15. The van der Waals surface area contributed by atoms with Crippen molar-refractivity contribution in [2.75, 3.05) is 6.54 Å². The van der Waals surface area contributed by atoms with Crippen molar-refractivity contribution in [1.29, 1.82) is 0 Å². The fraction of sp³-hybridized carbons (Fsp3) is 0.571. The third-order valence-electron chi connectivity index (χ3n) is 3.78. The fourth-order valence-corrected chi connectivity index (χ4v) is 2.65. The number of likely N-dealkylation sites (tertiary alicyclic amines) is 1. The second-order valence-electron chi connectivity index (χ2n) is 5.29. The highest BCUT2D eigenvalue weighted by atomic mass is 16.5. The molecule has 0 bridgehead atoms. The second-order valence-corrected chi connectivity index (χ2v) is 5.29. The normalized spacial score (nSPS) is 19.0. The van der Waals surface area contributed by atoms with Gasteiger partial charge in [-0.25, -0.2) is 0 Å². The van der Waals surface area contributed by atoms with E-state index in [0.717, 1.165) is 25.7 Å². The lowest BCUT2D eigenvalue weighted by Gasteiger charge is -2.32. The Labute approximate surface area is 122 Å². The third-order valence-corrected chi connectivity index (χ3v) is 3.78. The molecule has 2 aromatic rings. The van der Waals surface area contributed by atoms with E-state index < -0.39 is 0 Å². The van der Waals surface area contributed by atoms with Crippen molar-refractivity contribution in [3.63, 3.8) is 0 Å². The fourth-order valence-electron chi connectivity index (χ4n) is 2.65. The minimum Gasteiger partial charge on any atom is -0.337 e. The lowest BCUT2D eigenvalue weighted by molar-refractivity contribution is 0.0554. The van der Waals surface area contributed by atoms with Crippen LogP contribution in [0.5, 0.6) is 0 Å². The van der Waals surface area contributed by atoms with Gasteiger partial charge in [0.25, 0.3) is 5.91 Å². The van der Waals surface area contributed by atoms with E-state index in [4.69, 9.17) is 4.52 Å². The predicted molar refractivity (Wildman–Crippen MR) is 74.5 cm³/mol. The van der Waals surface area contributed by atoms with Gasteiger partial charge in [0, 0.05) is 26.2 Å². The zero-order chi connectivity index (χ0) is 14.8. The topological polar surface area (TPSA) is 77.0 Å². The lowest BCUT2D eigenvalue weighted by atomic mass is 10.0. The first-order valence-electron chi connectivity index (χ1n) is 7.32. The molecule has 7 heteroatoms. The molecule has 1 aliphatic heterocycles. The third kappa shape index (κ3) is 2.68. The molecule has 2 aromatic heterocycles. The summed E-state index contributed by atoms with van der Waals surface area (Å²) in [4.78, 5) is 18.8. The van der Waals surface area contributed by atoms with Crippen LogP contribution in [-0.2, 0) is 13.5 Å². The highest BCUT2D eigenvalue weighted by molar-refractivity contribution is 5.92. The minimum absolute atomic E-state index is 0.0726. The smallest absolute Gasteiger partial charge is 0.275 e. The highest BCUT2D eigenvalue weighted by Crippen LogP contribution is 2.31. The molecule has 1 aliphatic rings. The molecular weight excluding hydrogens is 270 g/mol. The van der Waals surface area contributed by atoms with Crippen LogP contribution < -0.4 is 0 Å². The number of carbonyl (C=O) groups excluding carboxylic acids is 1. The summed E-state index contributed by atoms with van der Waals surface area (Å²) >= 11 is 0. The molecular formula is C14H19N5O2. The van der Waals surface area contributed by atoms with E-state index >= 15 is 0 Å². The molecule has 0 saturated carbocycles. The van der Waals surface area contributed by atoms with Crippen molar-refractivity contribution < 1.29 is 9.32 Å². The first-order chi connectivity index (χ1) is 10.2. The van der Waals surface area contributed by atoms with Crippen molar-refractivity contribution >= 4 is 5.91 Å². The summed E-state index contributed by atoms with van der Waals surface area (Å²) in [7, 11) is 1.80. The highest BCUT2D eigenvalue weighted by Gasteiger charge is 2.33. The second kappa shape index (κ2) is 5.67. The SMILES string of the molecule is CCc1noc([C@@H]2CCCCN2C(=O)c2ccn(C)n2)n1. The summed E-state index contributed by atoms with van der Waals surface area (Å²) in [6.45, 7) is 2.68. The van der Waals surface area contributed by atoms with Gasteiger partial charge in [0.1, 0.15) is 11.7 Å². The molecule has 1 atom stereocenters. The molecule has 0 aromatic carbocycles. The number of rotatable bonds is 3. The number of carbonyl (C=O) groups is 1. The number of aryl methyl sites for hydroxylation is 2. The summed E-state index contributed by atoms with van der Waals surface area (Å²) in [5.41, 5.74) is 0.458. The number of aromatic nitrogens is 4. The zero-order valence-corrected chi connectivity index (χ0v) is 12.3. The quantitative estimate of drug-likeness (QED) is 0.860. The zero-order valence-electron chi connectivity index (χ0n) is 12.3. The molecule has 112 valence electrons. The van der Waals surface area contributed by atoms with Gasteiger partial charge in [0.15, 0.2) is 5.82 Å². The number of amides is 1. The number of nitrogens with zero attached hydrogens (tertiary/aromatic N) is 5. The van der Waals surface area contributed by atoms with Crippen LogP contribution in [0.3, 0.4) is 0 Å². The van der Waals surface area contributed by atoms with Crippen LogP contribution >= 0.6 is 0 Å². The van der Waals surface area contributed by atoms with Gasteiger partial charge in [-0.2, -0.15) is 10.1 Å². The molecule has 0 radical (unpaired) electrons. The molecule has 21 heavy (non-hydrogen) atoms. The van der Waals surface area contributed by atoms with E-state index in [9.17, 15) is 4.79 Å². The van der Waals surface area contributed by atoms with Gasteiger partial charge < -0.3 is 9.42 Å². The van der Waals surface area contributed by atoms with E-state index in [-0.39, 0.29) is 11.9 Å². The van der Waals surface area contributed by atoms with Crippen LogP contribution in [0, 0.1) is 0 Å². The molecule has 0 unspecified atom stereocenters. The van der Waals surface area contributed by atoms with Gasteiger partial charge in [-0.3, -0.25) is 9.48 Å². The summed E-state index contributed by atoms with van der Waals surface area (Å²) in [5.74, 6) is 1.15. The Balaban J connectivity index is 1.85. The Morgan fingerprint density at radius 2 is 2.33 bits per heavy atom. The Hall–Kier alpha value is -2.18. The van der Waals surface area contributed by atoms with Crippen molar-refractivity contribution in [3.8, 4) is 0 Å². The van der Waals surface area contributed by atoms with Crippen LogP contribution in [0.15, 0.2) is 16.8 Å². The first-order valence-corrected chi connectivity index (χ1v) is 7.32. The molecule has 0 aliphatic carbocycles. The Morgan fingerprint density at radius 3 is 3.00 bits per heavy atom. The van der Waals surface area contributed by atoms with Crippen molar-refractivity contribution in [3.05, 3.63) is 29.7 Å². The van der Waals surface area contributed by atoms with Crippen LogP contribution in [-0.4, -0.2) is 37.3 Å². The van der Waals surface area contributed by atoms with Gasteiger partial charge in [-0.15, -0.1) is 0 Å². The van der Waals surface area contributed by atoms with Crippen LogP contribution in [0.2, 0.25) is 0 Å². The van der Waals surface area contributed by atoms with Gasteiger partial charge in [-0.05, 0) is 25.3 Å². The maximum atomic E-state index is 12.6. The van der Waals surface area contributed by atoms with E-state index in [1.54, 1.807) is 28.9 Å². The average molecular weight is 289 g/mol. The summed E-state index contributed by atoms with van der Waals surface area (Å²) in [6.07, 6.45) is 5.40. The van der Waals surface area contributed by atoms with Crippen LogP contribution in [0.1, 0.15) is 54.4 Å². The van der Waals surface area contributed by atoms with Gasteiger partial charge >= 0.3 is 0 Å². The van der Waals surface area contributed by atoms with Gasteiger partial charge in [0.05, 0.1) is 0 Å². The van der Waals surface area contributed by atoms with E-state index in [0.29, 0.717) is 24.0 Å². The first kappa shape index (κ1) is 13.8. The van der Waals surface area contributed by atoms with Gasteiger partial charge in [0.2, 0.25) is 5.89 Å². The van der Waals surface area contributed by atoms with Crippen molar-refractivity contribution in [2.24, 2.45) is 7.05 Å². The minimum atomic E-state index is -0.138. The van der Waals surface area contributed by atoms with Crippen molar-refractivity contribution in [2.45, 2.75) is 38.6 Å². The van der Waals surface area contributed by atoms with E-state index in [2.05, 4.69) is 15.2 Å². The van der Waals surface area contributed by atoms with Crippen LogP contribution in [0.4, 0.5) is 0 Å². The Kier molecular flexibility index (Phi) is 3.72. The molecule has 3 rings (SSSR count). The molecule has 7 nitrogen and oxygen atoms in total. The summed E-state index contributed by atoms with van der Waals surface area (Å²) < 4.78 is 6.97. The van der Waals surface area contributed by atoms with E-state index in [1.165, 1.54) is 0 Å². The molecule has 0 spiro atoms. The Morgan fingerprint density at radius 1 is 1.48 bits per heavy atom. The number of hydrogen-bond donors (Lipinski definition) is 0. The number of hydrogen-bond acceptors (Lipinski definition) is 5. The van der Waals surface area contributed by atoms with Crippen molar-refractivity contribution in [1.82, 2.24) is 24.8 Å². The maximum absolute atomic E-state index is 12.6. The number of piperidine rings is 1. The molecule has 3 heterocycles. The Bertz CT molecular complexity index is 633. The predicted octanol–water partition coefficient (Wildman–Crippen LogP) is 1.73. The maximum Gasteiger partial charge on any atom is 0.275 e. The van der Waals surface area contributed by atoms with Gasteiger partial charge in [-0.1, -0.05) is 12.1 Å². The monoisotopic (exact) mass is 289 g/mol. The largest absolute Gasteiger partial charge is 0.337 e. The van der Waals surface area contributed by atoms with Crippen LogP contribution in [0.25, 0.3) is 0 Å². The standard InChI is InChI=1S/C14H19N5O2/c1-3-12-15-13(21-17-12)11-6-4-5-8-19(11)14(20)10-7-9-18(2)16-10/h7,9,11H,3-6,8H2,1-2H3/t11-/m0/s1. The molecule has 1 amide bonds. The molecule has 1 fully saturated rings. The summed E-state index contributed by atoms with van der Waals surface area (Å²) in [5, 5.41) is 8.13. The molecule has 0 N–H and O–H groups in total. The molecule has 1 saturated heterocycles. The lowest BCUT2D eigenvalue weighted by Crippen LogP contribution is -2.39. The van der Waals surface area contributed by atoms with E-state index in [1.807, 2.05) is 6.92 Å².